The van der Waals surface area contributed by atoms with E-state index in [2.05, 4.69) is 5.32 Å². The van der Waals surface area contributed by atoms with E-state index in [1.807, 2.05) is 30.0 Å². The van der Waals surface area contributed by atoms with E-state index in [9.17, 15) is 4.79 Å². The summed E-state index contributed by atoms with van der Waals surface area (Å²) in [5, 5.41) is 3.30. The van der Waals surface area contributed by atoms with Crippen molar-refractivity contribution in [1.29, 1.82) is 0 Å². The Morgan fingerprint density at radius 3 is 2.73 bits per heavy atom. The first-order valence-electron chi connectivity index (χ1n) is 7.66. The normalized spacial score (nSPS) is 17.0. The Kier molecular flexibility index (Phi) is 5.91. The van der Waals surface area contributed by atoms with Crippen molar-refractivity contribution in [3.8, 4) is 11.5 Å². The number of rotatable bonds is 4. The van der Waals surface area contributed by atoms with Gasteiger partial charge in [-0.3, -0.25) is 4.79 Å². The van der Waals surface area contributed by atoms with Crippen LogP contribution in [0.15, 0.2) is 18.2 Å². The minimum atomic E-state index is 0. The Morgan fingerprint density at radius 2 is 2.00 bits per heavy atom. The lowest BCUT2D eigenvalue weighted by atomic mass is 9.96. The smallest absolute Gasteiger partial charge is 0.231 e. The molecule has 0 saturated carbocycles. The van der Waals surface area contributed by atoms with E-state index in [-0.39, 0.29) is 31.0 Å². The van der Waals surface area contributed by atoms with E-state index in [1.54, 1.807) is 0 Å². The molecule has 22 heavy (non-hydrogen) atoms. The number of carbonyl (C=O) groups excluding carboxylic acids is 1. The molecule has 1 aromatic rings. The van der Waals surface area contributed by atoms with Crippen molar-refractivity contribution in [1.82, 2.24) is 10.2 Å². The standard InChI is InChI=1S/C16H22N2O3.ClH/c1-2-18(16(19)13-5-7-17-8-6-13)10-12-3-4-14-15(9-12)21-11-20-14;/h3-4,9,13,17H,2,5-8,10-11H2,1H3;1H. The van der Waals surface area contributed by atoms with Gasteiger partial charge in [-0.1, -0.05) is 6.07 Å². The molecule has 0 unspecified atom stereocenters. The van der Waals surface area contributed by atoms with Crippen molar-refractivity contribution < 1.29 is 14.3 Å². The predicted molar refractivity (Wildman–Crippen MR) is 86.5 cm³/mol. The van der Waals surface area contributed by atoms with Gasteiger partial charge < -0.3 is 19.7 Å². The molecule has 2 aliphatic rings. The number of nitrogens with zero attached hydrogens (tertiary/aromatic N) is 1. The van der Waals surface area contributed by atoms with Crippen LogP contribution in [0.25, 0.3) is 0 Å². The number of nitrogens with one attached hydrogen (secondary N) is 1. The SMILES string of the molecule is CCN(Cc1ccc2c(c1)OCO2)C(=O)C1CCNCC1.Cl. The lowest BCUT2D eigenvalue weighted by molar-refractivity contribution is -0.136. The van der Waals surface area contributed by atoms with Crippen LogP contribution in [0.4, 0.5) is 0 Å². The van der Waals surface area contributed by atoms with Gasteiger partial charge in [0.1, 0.15) is 0 Å². The number of hydrogen-bond acceptors (Lipinski definition) is 4. The largest absolute Gasteiger partial charge is 0.454 e. The molecule has 1 N–H and O–H groups in total. The molecule has 0 bridgehead atoms. The fourth-order valence-electron chi connectivity index (χ4n) is 2.93. The zero-order chi connectivity index (χ0) is 14.7. The summed E-state index contributed by atoms with van der Waals surface area (Å²) in [6.45, 7) is 5.57. The van der Waals surface area contributed by atoms with Crippen LogP contribution in [0.1, 0.15) is 25.3 Å². The third-order valence-corrected chi connectivity index (χ3v) is 4.19. The average molecular weight is 327 g/mol. The number of hydrogen-bond donors (Lipinski definition) is 1. The first-order valence-corrected chi connectivity index (χ1v) is 7.66. The average Bonchev–Trinajstić information content (AvgIpc) is 3.00. The number of fused-ring (bicyclic) bond motifs is 1. The molecule has 0 aliphatic carbocycles. The van der Waals surface area contributed by atoms with Gasteiger partial charge in [0, 0.05) is 19.0 Å². The summed E-state index contributed by atoms with van der Waals surface area (Å²) < 4.78 is 10.7. The fraction of sp³-hybridized carbons (Fsp3) is 0.562. The molecular formula is C16H23ClN2O3. The molecule has 0 radical (unpaired) electrons. The molecule has 1 amide bonds. The predicted octanol–water partition coefficient (Wildman–Crippen LogP) is 2.19. The molecule has 0 aromatic heterocycles. The van der Waals surface area contributed by atoms with E-state index in [0.717, 1.165) is 49.5 Å². The maximum absolute atomic E-state index is 12.6. The maximum atomic E-state index is 12.6. The number of ether oxygens (including phenoxy) is 2. The summed E-state index contributed by atoms with van der Waals surface area (Å²) >= 11 is 0. The van der Waals surface area contributed by atoms with Crippen LogP contribution in [-0.4, -0.2) is 37.2 Å². The second-order valence-corrected chi connectivity index (χ2v) is 5.56. The Labute approximate surface area is 137 Å². The van der Waals surface area contributed by atoms with E-state index < -0.39 is 0 Å². The van der Waals surface area contributed by atoms with E-state index in [0.29, 0.717) is 6.54 Å². The van der Waals surface area contributed by atoms with Gasteiger partial charge in [0.2, 0.25) is 12.7 Å². The van der Waals surface area contributed by atoms with Crippen molar-refractivity contribution in [3.63, 3.8) is 0 Å². The van der Waals surface area contributed by atoms with Gasteiger partial charge in [-0.25, -0.2) is 0 Å². The van der Waals surface area contributed by atoms with E-state index >= 15 is 0 Å². The number of carbonyl (C=O) groups is 1. The highest BCUT2D eigenvalue weighted by Gasteiger charge is 2.25. The molecule has 1 aromatic carbocycles. The van der Waals surface area contributed by atoms with Gasteiger partial charge in [0.25, 0.3) is 0 Å². The summed E-state index contributed by atoms with van der Waals surface area (Å²) in [6.07, 6.45) is 1.88. The first kappa shape index (κ1) is 16.9. The summed E-state index contributed by atoms with van der Waals surface area (Å²) in [5.41, 5.74) is 1.09. The third kappa shape index (κ3) is 3.65. The molecule has 1 saturated heterocycles. The van der Waals surface area contributed by atoms with E-state index in [1.165, 1.54) is 0 Å². The fourth-order valence-corrected chi connectivity index (χ4v) is 2.93. The molecule has 122 valence electrons. The van der Waals surface area contributed by atoms with Gasteiger partial charge in [-0.2, -0.15) is 0 Å². The molecule has 0 spiro atoms. The highest BCUT2D eigenvalue weighted by Crippen LogP contribution is 2.33. The highest BCUT2D eigenvalue weighted by atomic mass is 35.5. The minimum absolute atomic E-state index is 0. The van der Waals surface area contributed by atoms with Crippen LogP contribution in [0.5, 0.6) is 11.5 Å². The zero-order valence-electron chi connectivity index (χ0n) is 12.8. The lowest BCUT2D eigenvalue weighted by Crippen LogP contribution is -2.40. The Balaban J connectivity index is 0.00000176. The van der Waals surface area contributed by atoms with Crippen molar-refractivity contribution >= 4 is 18.3 Å². The second-order valence-electron chi connectivity index (χ2n) is 5.56. The van der Waals surface area contributed by atoms with Crippen LogP contribution in [0.2, 0.25) is 0 Å². The van der Waals surface area contributed by atoms with Crippen molar-refractivity contribution in [2.75, 3.05) is 26.4 Å². The maximum Gasteiger partial charge on any atom is 0.231 e. The highest BCUT2D eigenvalue weighted by molar-refractivity contribution is 5.85. The molecule has 2 heterocycles. The van der Waals surface area contributed by atoms with Gasteiger partial charge in [-0.05, 0) is 50.6 Å². The molecule has 0 atom stereocenters. The van der Waals surface area contributed by atoms with Gasteiger partial charge >= 0.3 is 0 Å². The zero-order valence-corrected chi connectivity index (χ0v) is 13.7. The van der Waals surface area contributed by atoms with Crippen LogP contribution in [0, 0.1) is 5.92 Å². The van der Waals surface area contributed by atoms with Crippen LogP contribution < -0.4 is 14.8 Å². The Morgan fingerprint density at radius 1 is 1.27 bits per heavy atom. The Hall–Kier alpha value is -1.46. The first-order chi connectivity index (χ1) is 10.3. The minimum Gasteiger partial charge on any atom is -0.454 e. The number of amides is 1. The molecule has 2 aliphatic heterocycles. The molecule has 6 heteroatoms. The van der Waals surface area contributed by atoms with E-state index in [4.69, 9.17) is 9.47 Å². The van der Waals surface area contributed by atoms with Crippen LogP contribution >= 0.6 is 12.4 Å². The molecular weight excluding hydrogens is 304 g/mol. The van der Waals surface area contributed by atoms with Gasteiger partial charge in [-0.15, -0.1) is 12.4 Å². The molecule has 1 fully saturated rings. The number of benzene rings is 1. The summed E-state index contributed by atoms with van der Waals surface area (Å²) in [5.74, 6) is 2.00. The van der Waals surface area contributed by atoms with Crippen molar-refractivity contribution in [2.24, 2.45) is 5.92 Å². The van der Waals surface area contributed by atoms with Gasteiger partial charge in [0.05, 0.1) is 0 Å². The monoisotopic (exact) mass is 326 g/mol. The molecule has 5 nitrogen and oxygen atoms in total. The number of halogens is 1. The van der Waals surface area contributed by atoms with Crippen molar-refractivity contribution in [2.45, 2.75) is 26.3 Å². The van der Waals surface area contributed by atoms with Gasteiger partial charge in [0.15, 0.2) is 11.5 Å². The van der Waals surface area contributed by atoms with Crippen LogP contribution in [-0.2, 0) is 11.3 Å². The topological polar surface area (TPSA) is 50.8 Å². The Bertz CT molecular complexity index is 518. The summed E-state index contributed by atoms with van der Waals surface area (Å²) in [6, 6.07) is 5.90. The number of piperidine rings is 1. The van der Waals surface area contributed by atoms with Crippen molar-refractivity contribution in [3.05, 3.63) is 23.8 Å². The summed E-state index contributed by atoms with van der Waals surface area (Å²) in [7, 11) is 0. The third-order valence-electron chi connectivity index (χ3n) is 4.19. The second kappa shape index (κ2) is 7.70. The molecule has 3 rings (SSSR count). The lowest BCUT2D eigenvalue weighted by Gasteiger charge is -2.29. The van der Waals surface area contributed by atoms with Crippen LogP contribution in [0.3, 0.4) is 0 Å². The quantitative estimate of drug-likeness (QED) is 0.921. The summed E-state index contributed by atoms with van der Waals surface area (Å²) in [4.78, 5) is 14.5.